The normalized spacial score (nSPS) is 13.1. The summed E-state index contributed by atoms with van der Waals surface area (Å²) in [5.74, 6) is -0.277. The van der Waals surface area contributed by atoms with E-state index in [1.807, 2.05) is 23.6 Å². The van der Waals surface area contributed by atoms with Gasteiger partial charge in [0.1, 0.15) is 5.82 Å². The largest absolute Gasteiger partial charge is 0.476 e. The number of anilines is 1. The topological polar surface area (TPSA) is 80.0 Å². The Bertz CT molecular complexity index is 914. The number of carboxylic acids is 1. The van der Waals surface area contributed by atoms with Gasteiger partial charge >= 0.3 is 5.97 Å². The van der Waals surface area contributed by atoms with Gasteiger partial charge in [-0.1, -0.05) is 6.07 Å². The highest BCUT2D eigenvalue weighted by Gasteiger charge is 2.18. The Balaban J connectivity index is 1.82. The first-order valence-corrected chi connectivity index (χ1v) is 7.03. The summed E-state index contributed by atoms with van der Waals surface area (Å²) < 4.78 is 1.88. The predicted octanol–water partition coefficient (Wildman–Crippen LogP) is 2.41. The lowest BCUT2D eigenvalue weighted by molar-refractivity contribution is 0.0691. The standard InChI is InChI=1S/C16H14N4O2/c1-9-2-3-10-4-11-7-20-8-14(16(21)22)19-15(20)6-17-12(11)5-13(10)18-9/h2-5,8,17H,6-7H2,1H3,(H,21,22). The summed E-state index contributed by atoms with van der Waals surface area (Å²) in [6, 6.07) is 8.19. The van der Waals surface area contributed by atoms with Gasteiger partial charge < -0.3 is 15.0 Å². The first-order chi connectivity index (χ1) is 10.6. The van der Waals surface area contributed by atoms with Crippen LogP contribution in [0.2, 0.25) is 0 Å². The molecule has 0 aliphatic carbocycles. The van der Waals surface area contributed by atoms with Gasteiger partial charge in [-0.15, -0.1) is 0 Å². The second kappa shape index (κ2) is 4.56. The van der Waals surface area contributed by atoms with E-state index in [-0.39, 0.29) is 5.69 Å². The minimum absolute atomic E-state index is 0.0818. The number of carbonyl (C=O) groups is 1. The number of carboxylic acid groups (broad SMARTS) is 1. The number of rotatable bonds is 1. The maximum absolute atomic E-state index is 11.1. The van der Waals surface area contributed by atoms with Crippen LogP contribution in [0.1, 0.15) is 27.6 Å². The number of nitrogens with zero attached hydrogens (tertiary/aromatic N) is 3. The third kappa shape index (κ3) is 2.00. The minimum Gasteiger partial charge on any atom is -0.476 e. The average molecular weight is 294 g/mol. The molecule has 0 fully saturated rings. The number of aryl methyl sites for hydroxylation is 1. The highest BCUT2D eigenvalue weighted by atomic mass is 16.4. The molecule has 2 N–H and O–H groups in total. The summed E-state index contributed by atoms with van der Waals surface area (Å²) in [6.45, 7) is 3.07. The Morgan fingerprint density at radius 3 is 3.00 bits per heavy atom. The van der Waals surface area contributed by atoms with Gasteiger partial charge in [-0.05, 0) is 30.7 Å². The molecule has 1 aromatic carbocycles. The van der Waals surface area contributed by atoms with E-state index in [4.69, 9.17) is 5.11 Å². The van der Waals surface area contributed by atoms with Crippen molar-refractivity contribution >= 4 is 22.6 Å². The van der Waals surface area contributed by atoms with E-state index in [0.29, 0.717) is 13.1 Å². The van der Waals surface area contributed by atoms with Crippen molar-refractivity contribution in [2.24, 2.45) is 0 Å². The fourth-order valence-corrected chi connectivity index (χ4v) is 2.81. The number of aromatic carboxylic acids is 1. The minimum atomic E-state index is -1.00. The molecule has 3 aromatic rings. The number of pyridine rings is 1. The molecule has 4 rings (SSSR count). The van der Waals surface area contributed by atoms with Crippen molar-refractivity contribution in [3.8, 4) is 0 Å². The van der Waals surface area contributed by atoms with Crippen LogP contribution in [0.4, 0.5) is 5.69 Å². The van der Waals surface area contributed by atoms with Crippen LogP contribution in [0.5, 0.6) is 0 Å². The summed E-state index contributed by atoms with van der Waals surface area (Å²) >= 11 is 0. The van der Waals surface area contributed by atoms with E-state index < -0.39 is 5.97 Å². The Morgan fingerprint density at radius 1 is 1.32 bits per heavy atom. The molecule has 0 radical (unpaired) electrons. The molecule has 0 saturated heterocycles. The Labute approximate surface area is 126 Å². The van der Waals surface area contributed by atoms with Crippen LogP contribution in [-0.2, 0) is 13.1 Å². The van der Waals surface area contributed by atoms with Gasteiger partial charge in [-0.3, -0.25) is 4.98 Å². The maximum atomic E-state index is 11.1. The van der Waals surface area contributed by atoms with Crippen molar-refractivity contribution < 1.29 is 9.90 Å². The van der Waals surface area contributed by atoms with E-state index in [1.165, 1.54) is 0 Å². The second-order valence-electron chi connectivity index (χ2n) is 5.48. The zero-order valence-corrected chi connectivity index (χ0v) is 12.0. The van der Waals surface area contributed by atoms with Gasteiger partial charge in [0.25, 0.3) is 0 Å². The fraction of sp³-hybridized carbons (Fsp3) is 0.188. The highest BCUT2D eigenvalue weighted by Crippen LogP contribution is 2.27. The SMILES string of the molecule is Cc1ccc2cc3c(cc2n1)NCc1nc(C(=O)O)cn1C3. The molecule has 2 aromatic heterocycles. The smallest absolute Gasteiger partial charge is 0.356 e. The van der Waals surface area contributed by atoms with Gasteiger partial charge in [0, 0.05) is 23.0 Å². The van der Waals surface area contributed by atoms with Crippen molar-refractivity contribution in [3.63, 3.8) is 0 Å². The molecule has 6 heteroatoms. The van der Waals surface area contributed by atoms with Crippen molar-refractivity contribution in [1.82, 2.24) is 14.5 Å². The lowest BCUT2D eigenvalue weighted by Gasteiger charge is -2.09. The third-order valence-electron chi connectivity index (χ3n) is 3.91. The lowest BCUT2D eigenvalue weighted by atomic mass is 10.1. The van der Waals surface area contributed by atoms with Crippen LogP contribution in [0, 0.1) is 6.92 Å². The Hall–Kier alpha value is -2.89. The number of hydrogen-bond acceptors (Lipinski definition) is 4. The number of aromatic nitrogens is 3. The van der Waals surface area contributed by atoms with Gasteiger partial charge in [-0.25, -0.2) is 9.78 Å². The maximum Gasteiger partial charge on any atom is 0.356 e. The van der Waals surface area contributed by atoms with Crippen LogP contribution >= 0.6 is 0 Å². The summed E-state index contributed by atoms with van der Waals surface area (Å²) in [6.07, 6.45) is 1.59. The van der Waals surface area contributed by atoms with Crippen LogP contribution in [0.15, 0.2) is 30.5 Å². The first kappa shape index (κ1) is 12.8. The number of benzene rings is 1. The monoisotopic (exact) mass is 294 g/mol. The van der Waals surface area contributed by atoms with Gasteiger partial charge in [-0.2, -0.15) is 0 Å². The Morgan fingerprint density at radius 2 is 2.18 bits per heavy atom. The molecule has 3 heterocycles. The van der Waals surface area contributed by atoms with Crippen LogP contribution < -0.4 is 5.32 Å². The van der Waals surface area contributed by atoms with Crippen molar-refractivity contribution in [1.29, 1.82) is 0 Å². The van der Waals surface area contributed by atoms with Crippen LogP contribution in [0.3, 0.4) is 0 Å². The van der Waals surface area contributed by atoms with E-state index >= 15 is 0 Å². The van der Waals surface area contributed by atoms with Crippen LogP contribution in [0.25, 0.3) is 10.9 Å². The predicted molar refractivity (Wildman–Crippen MR) is 82.1 cm³/mol. The third-order valence-corrected chi connectivity index (χ3v) is 3.91. The molecule has 1 aliphatic rings. The van der Waals surface area contributed by atoms with E-state index in [1.54, 1.807) is 6.20 Å². The molecule has 22 heavy (non-hydrogen) atoms. The zero-order chi connectivity index (χ0) is 15.3. The fourth-order valence-electron chi connectivity index (χ4n) is 2.81. The Kier molecular flexibility index (Phi) is 2.66. The lowest BCUT2D eigenvalue weighted by Crippen LogP contribution is -2.03. The molecule has 110 valence electrons. The summed E-state index contributed by atoms with van der Waals surface area (Å²) in [7, 11) is 0. The van der Waals surface area contributed by atoms with Crippen LogP contribution in [-0.4, -0.2) is 25.6 Å². The molecule has 0 unspecified atom stereocenters. The molecule has 0 amide bonds. The first-order valence-electron chi connectivity index (χ1n) is 7.03. The number of nitrogens with one attached hydrogen (secondary N) is 1. The molecular formula is C16H14N4O2. The average Bonchev–Trinajstić information content (AvgIpc) is 2.81. The zero-order valence-electron chi connectivity index (χ0n) is 12.0. The highest BCUT2D eigenvalue weighted by molar-refractivity contribution is 5.86. The van der Waals surface area contributed by atoms with Gasteiger partial charge in [0.05, 0.1) is 18.6 Å². The van der Waals surface area contributed by atoms with Crippen molar-refractivity contribution in [2.75, 3.05) is 5.32 Å². The summed E-state index contributed by atoms with van der Waals surface area (Å²) in [4.78, 5) is 19.8. The molecule has 0 atom stereocenters. The number of fused-ring (bicyclic) bond motifs is 3. The molecule has 0 saturated carbocycles. The van der Waals surface area contributed by atoms with E-state index in [2.05, 4.69) is 27.4 Å². The molecule has 1 aliphatic heterocycles. The van der Waals surface area contributed by atoms with Gasteiger partial charge in [0.15, 0.2) is 5.69 Å². The quantitative estimate of drug-likeness (QED) is 0.720. The number of hydrogen-bond donors (Lipinski definition) is 2. The van der Waals surface area contributed by atoms with E-state index in [9.17, 15) is 4.79 Å². The molecular weight excluding hydrogens is 280 g/mol. The molecule has 0 bridgehead atoms. The molecule has 6 nitrogen and oxygen atoms in total. The number of imidazole rings is 1. The summed E-state index contributed by atoms with van der Waals surface area (Å²) in [5.41, 5.74) is 4.15. The van der Waals surface area contributed by atoms with Crippen molar-refractivity contribution in [2.45, 2.75) is 20.0 Å². The summed E-state index contributed by atoms with van der Waals surface area (Å²) in [5, 5.41) is 13.5. The second-order valence-corrected chi connectivity index (χ2v) is 5.48. The van der Waals surface area contributed by atoms with Gasteiger partial charge in [0.2, 0.25) is 0 Å². The molecule has 0 spiro atoms. The van der Waals surface area contributed by atoms with E-state index in [0.717, 1.165) is 33.7 Å². The van der Waals surface area contributed by atoms with Crippen molar-refractivity contribution in [3.05, 3.63) is 53.2 Å².